The van der Waals surface area contributed by atoms with Gasteiger partial charge in [-0.15, -0.1) is 11.3 Å². The van der Waals surface area contributed by atoms with Gasteiger partial charge in [0.2, 0.25) is 0 Å². The lowest BCUT2D eigenvalue weighted by Gasteiger charge is -2.03. The Bertz CT molecular complexity index is 714. The molecule has 0 fully saturated rings. The van der Waals surface area contributed by atoms with Crippen LogP contribution in [0.4, 0.5) is 5.13 Å². The van der Waals surface area contributed by atoms with Crippen LogP contribution in [-0.2, 0) is 7.05 Å². The van der Waals surface area contributed by atoms with Gasteiger partial charge in [-0.05, 0) is 12.1 Å². The Hall–Kier alpha value is -2.01. The van der Waals surface area contributed by atoms with Gasteiger partial charge in [-0.2, -0.15) is 0 Å². The van der Waals surface area contributed by atoms with Crippen LogP contribution in [0.1, 0.15) is 0 Å². The highest BCUT2D eigenvalue weighted by Crippen LogP contribution is 2.37. The summed E-state index contributed by atoms with van der Waals surface area (Å²) in [5.74, 6) is 0.856. The second-order valence-electron chi connectivity index (χ2n) is 4.08. The molecular formula is C13H13N3OS. The zero-order valence-corrected chi connectivity index (χ0v) is 11.0. The molecule has 0 radical (unpaired) electrons. The molecule has 2 aromatic heterocycles. The number of methoxy groups -OCH3 is 1. The number of nitrogens with zero attached hydrogens (tertiary/aromatic N) is 2. The molecular weight excluding hydrogens is 246 g/mol. The fourth-order valence-electron chi connectivity index (χ4n) is 2.19. The molecule has 3 aromatic rings. The Morgan fingerprint density at radius 3 is 2.89 bits per heavy atom. The Morgan fingerprint density at radius 2 is 2.22 bits per heavy atom. The highest BCUT2D eigenvalue weighted by Gasteiger charge is 2.14. The maximum absolute atomic E-state index is 5.71. The predicted octanol–water partition coefficient (Wildman–Crippen LogP) is 2.89. The molecule has 1 aromatic carbocycles. The Balaban J connectivity index is 2.35. The van der Waals surface area contributed by atoms with E-state index in [0.717, 1.165) is 27.9 Å². The van der Waals surface area contributed by atoms with E-state index in [1.165, 1.54) is 11.3 Å². The first kappa shape index (κ1) is 11.1. The maximum atomic E-state index is 5.71. The molecule has 18 heavy (non-hydrogen) atoms. The number of thiazole rings is 1. The van der Waals surface area contributed by atoms with E-state index in [4.69, 9.17) is 10.5 Å². The predicted molar refractivity (Wildman–Crippen MR) is 75.0 cm³/mol. The molecule has 0 aliphatic heterocycles. The van der Waals surface area contributed by atoms with Gasteiger partial charge in [0.1, 0.15) is 5.75 Å². The van der Waals surface area contributed by atoms with Crippen LogP contribution in [0.2, 0.25) is 0 Å². The van der Waals surface area contributed by atoms with E-state index in [-0.39, 0.29) is 0 Å². The molecule has 0 saturated carbocycles. The van der Waals surface area contributed by atoms with E-state index >= 15 is 0 Å². The van der Waals surface area contributed by atoms with E-state index in [1.807, 2.05) is 24.6 Å². The van der Waals surface area contributed by atoms with Gasteiger partial charge in [0.05, 0.1) is 23.7 Å². The molecule has 0 saturated heterocycles. The zero-order valence-electron chi connectivity index (χ0n) is 10.2. The molecule has 0 aliphatic carbocycles. The van der Waals surface area contributed by atoms with Crippen molar-refractivity contribution in [3.63, 3.8) is 0 Å². The first-order chi connectivity index (χ1) is 8.70. The number of aromatic nitrogens is 2. The fourth-order valence-corrected chi connectivity index (χ4v) is 2.75. The van der Waals surface area contributed by atoms with Crippen LogP contribution in [0.5, 0.6) is 5.75 Å². The Kier molecular flexibility index (Phi) is 2.48. The number of aryl methyl sites for hydroxylation is 1. The third kappa shape index (κ3) is 1.55. The van der Waals surface area contributed by atoms with Crippen molar-refractivity contribution in [3.05, 3.63) is 29.8 Å². The van der Waals surface area contributed by atoms with Crippen molar-refractivity contribution in [3.8, 4) is 17.0 Å². The van der Waals surface area contributed by atoms with Gasteiger partial charge >= 0.3 is 0 Å². The number of anilines is 1. The lowest BCUT2D eigenvalue weighted by Crippen LogP contribution is -1.86. The van der Waals surface area contributed by atoms with Crippen molar-refractivity contribution in [1.82, 2.24) is 9.55 Å². The number of ether oxygens (including phenoxy) is 1. The van der Waals surface area contributed by atoms with E-state index in [9.17, 15) is 0 Å². The normalized spacial score (nSPS) is 11.0. The van der Waals surface area contributed by atoms with Crippen LogP contribution in [0, 0.1) is 0 Å². The second kappa shape index (κ2) is 4.03. The van der Waals surface area contributed by atoms with Crippen molar-refractivity contribution in [2.45, 2.75) is 0 Å². The van der Waals surface area contributed by atoms with Crippen molar-refractivity contribution < 1.29 is 4.74 Å². The van der Waals surface area contributed by atoms with Crippen LogP contribution in [0.3, 0.4) is 0 Å². The van der Waals surface area contributed by atoms with Gasteiger partial charge in [-0.1, -0.05) is 6.07 Å². The second-order valence-corrected chi connectivity index (χ2v) is 4.97. The topological polar surface area (TPSA) is 53.1 Å². The highest BCUT2D eigenvalue weighted by atomic mass is 32.1. The van der Waals surface area contributed by atoms with Crippen molar-refractivity contribution in [2.24, 2.45) is 7.05 Å². The zero-order chi connectivity index (χ0) is 12.7. The van der Waals surface area contributed by atoms with E-state index in [2.05, 4.69) is 21.8 Å². The lowest BCUT2D eigenvalue weighted by molar-refractivity contribution is 0.420. The van der Waals surface area contributed by atoms with Gasteiger partial charge < -0.3 is 15.0 Å². The smallest absolute Gasteiger partial charge is 0.180 e. The summed E-state index contributed by atoms with van der Waals surface area (Å²) in [5.41, 5.74) is 8.78. The van der Waals surface area contributed by atoms with Crippen LogP contribution in [0.25, 0.3) is 22.2 Å². The lowest BCUT2D eigenvalue weighted by atomic mass is 10.1. The Labute approximate surface area is 109 Å². The summed E-state index contributed by atoms with van der Waals surface area (Å²) in [6, 6.07) is 6.01. The molecule has 0 aliphatic rings. The molecule has 0 spiro atoms. The number of nitrogen functional groups attached to an aromatic ring is 1. The van der Waals surface area contributed by atoms with Crippen molar-refractivity contribution >= 4 is 27.4 Å². The SMILES string of the molecule is COc1cccc2c1c(-c1csc(N)n1)cn2C. The monoisotopic (exact) mass is 259 g/mol. The Morgan fingerprint density at radius 1 is 1.39 bits per heavy atom. The largest absolute Gasteiger partial charge is 0.496 e. The summed E-state index contributed by atoms with van der Waals surface area (Å²) in [5, 5.41) is 3.63. The molecule has 0 bridgehead atoms. The summed E-state index contributed by atoms with van der Waals surface area (Å²) >= 11 is 1.45. The average Bonchev–Trinajstić information content (AvgIpc) is 2.94. The number of fused-ring (bicyclic) bond motifs is 1. The van der Waals surface area contributed by atoms with Gasteiger partial charge in [0.15, 0.2) is 5.13 Å². The van der Waals surface area contributed by atoms with E-state index in [1.54, 1.807) is 7.11 Å². The van der Waals surface area contributed by atoms with Gasteiger partial charge in [0.25, 0.3) is 0 Å². The molecule has 5 heteroatoms. The van der Waals surface area contributed by atoms with Crippen molar-refractivity contribution in [2.75, 3.05) is 12.8 Å². The summed E-state index contributed by atoms with van der Waals surface area (Å²) in [6.45, 7) is 0. The van der Waals surface area contributed by atoms with Gasteiger partial charge in [-0.25, -0.2) is 4.98 Å². The molecule has 92 valence electrons. The summed E-state index contributed by atoms with van der Waals surface area (Å²) in [7, 11) is 3.70. The van der Waals surface area contributed by atoms with Crippen molar-refractivity contribution in [1.29, 1.82) is 0 Å². The van der Waals surface area contributed by atoms with Crippen LogP contribution in [0.15, 0.2) is 29.8 Å². The summed E-state index contributed by atoms with van der Waals surface area (Å²) in [6.07, 6.45) is 2.06. The minimum Gasteiger partial charge on any atom is -0.496 e. The third-order valence-corrected chi connectivity index (χ3v) is 3.67. The third-order valence-electron chi connectivity index (χ3n) is 2.99. The quantitative estimate of drug-likeness (QED) is 0.770. The molecule has 0 amide bonds. The van der Waals surface area contributed by atoms with Gasteiger partial charge in [-0.3, -0.25) is 0 Å². The first-order valence-corrected chi connectivity index (χ1v) is 6.42. The van der Waals surface area contributed by atoms with Crippen LogP contribution < -0.4 is 10.5 Å². The molecule has 0 unspecified atom stereocenters. The number of nitrogens with two attached hydrogens (primary N) is 1. The number of benzene rings is 1. The maximum Gasteiger partial charge on any atom is 0.180 e. The van der Waals surface area contributed by atoms with Crippen LogP contribution in [-0.4, -0.2) is 16.7 Å². The minimum absolute atomic E-state index is 0.580. The minimum atomic E-state index is 0.580. The average molecular weight is 259 g/mol. The standard InChI is InChI=1S/C13H13N3OS/c1-16-6-8(9-7-18-13(14)15-9)12-10(16)4-3-5-11(12)17-2/h3-7H,1-2H3,(H2,14,15). The molecule has 3 rings (SSSR count). The number of rotatable bonds is 2. The first-order valence-electron chi connectivity index (χ1n) is 5.54. The molecule has 4 nitrogen and oxygen atoms in total. The van der Waals surface area contributed by atoms with Crippen LogP contribution >= 0.6 is 11.3 Å². The van der Waals surface area contributed by atoms with E-state index in [0.29, 0.717) is 5.13 Å². The summed E-state index contributed by atoms with van der Waals surface area (Å²) < 4.78 is 7.51. The molecule has 0 atom stereocenters. The van der Waals surface area contributed by atoms with E-state index < -0.39 is 0 Å². The highest BCUT2D eigenvalue weighted by molar-refractivity contribution is 7.13. The summed E-state index contributed by atoms with van der Waals surface area (Å²) in [4.78, 5) is 4.35. The number of hydrogen-bond acceptors (Lipinski definition) is 4. The molecule has 2 N–H and O–H groups in total. The fraction of sp³-hybridized carbons (Fsp3) is 0.154. The molecule has 2 heterocycles. The van der Waals surface area contributed by atoms with Gasteiger partial charge in [0, 0.05) is 24.2 Å². The number of hydrogen-bond donors (Lipinski definition) is 1.